The van der Waals surface area contributed by atoms with Crippen LogP contribution in [0.15, 0.2) is 75.0 Å². The second-order valence-corrected chi connectivity index (χ2v) is 9.00. The van der Waals surface area contributed by atoms with Gasteiger partial charge in [0.15, 0.2) is 4.34 Å². The highest BCUT2D eigenvalue weighted by Crippen LogP contribution is 2.39. The van der Waals surface area contributed by atoms with E-state index in [0.29, 0.717) is 25.0 Å². The van der Waals surface area contributed by atoms with Gasteiger partial charge in [-0.15, -0.1) is 11.3 Å². The van der Waals surface area contributed by atoms with Crippen LogP contribution in [0.1, 0.15) is 15.9 Å². The van der Waals surface area contributed by atoms with Gasteiger partial charge in [-0.3, -0.25) is 25.0 Å². The van der Waals surface area contributed by atoms with Gasteiger partial charge < -0.3 is 0 Å². The van der Waals surface area contributed by atoms with Crippen LogP contribution in [0.25, 0.3) is 10.2 Å². The first kappa shape index (κ1) is 22.9. The van der Waals surface area contributed by atoms with E-state index in [-0.39, 0.29) is 16.9 Å². The number of rotatable bonds is 7. The fourth-order valence-electron chi connectivity index (χ4n) is 2.82. The summed E-state index contributed by atoms with van der Waals surface area (Å²) in [6.07, 6.45) is 1.25. The molecule has 4 rings (SSSR count). The number of non-ortho nitro benzene ring substituents is 1. The predicted molar refractivity (Wildman–Crippen MR) is 125 cm³/mol. The zero-order valence-corrected chi connectivity index (χ0v) is 18.5. The molecule has 1 amide bonds. The molecule has 0 atom stereocenters. The Kier molecular flexibility index (Phi) is 6.56. The number of benzene rings is 3. The Labute approximate surface area is 198 Å². The molecule has 0 spiro atoms. The molecule has 13 heteroatoms. The molecule has 0 bridgehead atoms. The fraction of sp³-hybridized carbons (Fsp3) is 0. The van der Waals surface area contributed by atoms with Crippen LogP contribution in [0.3, 0.4) is 0 Å². The topological polar surface area (TPSA) is 141 Å². The quantitative estimate of drug-likeness (QED) is 0.211. The maximum absolute atomic E-state index is 12.9. The van der Waals surface area contributed by atoms with Gasteiger partial charge in [0.1, 0.15) is 5.82 Å². The van der Waals surface area contributed by atoms with Crippen molar-refractivity contribution in [3.63, 3.8) is 0 Å². The molecule has 1 N–H and O–H groups in total. The first-order valence-electron chi connectivity index (χ1n) is 9.40. The van der Waals surface area contributed by atoms with Crippen molar-refractivity contribution in [2.24, 2.45) is 5.10 Å². The van der Waals surface area contributed by atoms with Crippen LogP contribution in [0.5, 0.6) is 0 Å². The number of hydrogen-bond acceptors (Lipinski definition) is 9. The van der Waals surface area contributed by atoms with Gasteiger partial charge in [0.25, 0.3) is 17.3 Å². The number of carbonyl (C=O) groups excluding carboxylic acids is 1. The number of halogens is 1. The molecule has 0 radical (unpaired) electrons. The molecule has 0 aliphatic carbocycles. The minimum Gasteiger partial charge on any atom is -0.267 e. The molecule has 1 aromatic heterocycles. The minimum absolute atomic E-state index is 0.0613. The first-order valence-corrected chi connectivity index (χ1v) is 11.0. The van der Waals surface area contributed by atoms with Crippen LogP contribution >= 0.6 is 23.1 Å². The van der Waals surface area contributed by atoms with E-state index >= 15 is 0 Å². The van der Waals surface area contributed by atoms with Crippen LogP contribution < -0.4 is 5.43 Å². The van der Waals surface area contributed by atoms with E-state index in [1.54, 1.807) is 6.07 Å². The van der Waals surface area contributed by atoms with E-state index in [0.717, 1.165) is 23.9 Å². The fourth-order valence-corrected chi connectivity index (χ4v) is 4.96. The highest BCUT2D eigenvalue weighted by atomic mass is 32.2. The molecule has 0 unspecified atom stereocenters. The third-order valence-electron chi connectivity index (χ3n) is 4.43. The van der Waals surface area contributed by atoms with Crippen LogP contribution in [0.2, 0.25) is 0 Å². The van der Waals surface area contributed by atoms with Crippen molar-refractivity contribution < 1.29 is 19.0 Å². The second kappa shape index (κ2) is 9.72. The lowest BCUT2D eigenvalue weighted by atomic mass is 10.2. The van der Waals surface area contributed by atoms with Gasteiger partial charge in [-0.05, 0) is 36.4 Å². The van der Waals surface area contributed by atoms with Gasteiger partial charge in [0.2, 0.25) is 0 Å². The van der Waals surface area contributed by atoms with E-state index in [2.05, 4.69) is 15.5 Å². The third kappa shape index (κ3) is 5.22. The van der Waals surface area contributed by atoms with Crippen molar-refractivity contribution in [3.8, 4) is 0 Å². The summed E-state index contributed by atoms with van der Waals surface area (Å²) in [5.74, 6) is -1.04. The smallest absolute Gasteiger partial charge is 0.267 e. The average molecular weight is 497 g/mol. The summed E-state index contributed by atoms with van der Waals surface area (Å²) in [6, 6.07) is 13.6. The maximum Gasteiger partial charge on any atom is 0.283 e. The van der Waals surface area contributed by atoms with E-state index in [1.165, 1.54) is 60.0 Å². The lowest BCUT2D eigenvalue weighted by Gasteiger charge is -2.02. The molecule has 34 heavy (non-hydrogen) atoms. The second-order valence-electron chi connectivity index (χ2n) is 6.68. The molecule has 10 nitrogen and oxygen atoms in total. The molecule has 0 aliphatic heterocycles. The van der Waals surface area contributed by atoms with E-state index in [4.69, 9.17) is 0 Å². The van der Waals surface area contributed by atoms with E-state index in [9.17, 15) is 29.4 Å². The summed E-state index contributed by atoms with van der Waals surface area (Å²) in [4.78, 5) is 38.2. The lowest BCUT2D eigenvalue weighted by molar-refractivity contribution is -0.387. The van der Waals surface area contributed by atoms with Gasteiger partial charge in [-0.2, -0.15) is 5.10 Å². The standard InChI is InChI=1S/C21H12FN5O5S2/c22-14-4-2-13(3-5-14)20(28)25-23-11-12-1-8-18(17(9-12)27(31)32)33-21-24-16-7-6-15(26(29)30)10-19(16)34-21/h1-11H,(H,25,28)/b23-11-. The van der Waals surface area contributed by atoms with Crippen molar-refractivity contribution in [1.29, 1.82) is 0 Å². The summed E-state index contributed by atoms with van der Waals surface area (Å²) in [5.41, 5.74) is 3.16. The predicted octanol–water partition coefficient (Wildman–Crippen LogP) is 5.17. The number of thiazole rings is 1. The molecular weight excluding hydrogens is 485 g/mol. The number of nitro benzene ring substituents is 2. The number of aromatic nitrogens is 1. The van der Waals surface area contributed by atoms with Gasteiger partial charge in [0.05, 0.1) is 31.2 Å². The van der Waals surface area contributed by atoms with Crippen molar-refractivity contribution in [1.82, 2.24) is 10.4 Å². The lowest BCUT2D eigenvalue weighted by Crippen LogP contribution is -2.17. The number of hydrogen-bond donors (Lipinski definition) is 1. The Morgan fingerprint density at radius 1 is 1.06 bits per heavy atom. The zero-order chi connectivity index (χ0) is 24.2. The molecule has 170 valence electrons. The van der Waals surface area contributed by atoms with E-state index < -0.39 is 21.6 Å². The summed E-state index contributed by atoms with van der Waals surface area (Å²) in [6.45, 7) is 0. The number of nitrogens with one attached hydrogen (secondary N) is 1. The van der Waals surface area contributed by atoms with Crippen molar-refractivity contribution >= 4 is 56.8 Å². The largest absolute Gasteiger partial charge is 0.283 e. The SMILES string of the molecule is O=C(N/N=C\c1ccc(Sc2nc3ccc([N+](=O)[O-])cc3s2)c([N+](=O)[O-])c1)c1ccc(F)cc1. The van der Waals surface area contributed by atoms with Gasteiger partial charge in [-0.1, -0.05) is 17.8 Å². The number of amides is 1. The van der Waals surface area contributed by atoms with Crippen molar-refractivity contribution in [2.45, 2.75) is 9.24 Å². The normalized spacial score (nSPS) is 11.1. The van der Waals surface area contributed by atoms with E-state index in [1.807, 2.05) is 0 Å². The Balaban J connectivity index is 1.51. The highest BCUT2D eigenvalue weighted by Gasteiger charge is 2.18. The summed E-state index contributed by atoms with van der Waals surface area (Å²) < 4.78 is 14.0. The Bertz CT molecular complexity index is 1460. The maximum atomic E-state index is 12.9. The molecule has 0 aliphatic rings. The van der Waals surface area contributed by atoms with Gasteiger partial charge in [-0.25, -0.2) is 14.8 Å². The Hall–Kier alpha value is -4.23. The minimum atomic E-state index is -0.561. The molecule has 1 heterocycles. The van der Waals surface area contributed by atoms with Gasteiger partial charge >= 0.3 is 0 Å². The third-order valence-corrected chi connectivity index (χ3v) is 6.57. The number of carbonyl (C=O) groups is 1. The van der Waals surface area contributed by atoms with Crippen LogP contribution in [-0.2, 0) is 0 Å². The molecule has 0 saturated heterocycles. The number of nitro groups is 2. The summed E-state index contributed by atoms with van der Waals surface area (Å²) in [5, 5.41) is 26.4. The van der Waals surface area contributed by atoms with Crippen molar-refractivity contribution in [2.75, 3.05) is 0 Å². The van der Waals surface area contributed by atoms with Crippen LogP contribution in [0.4, 0.5) is 15.8 Å². The molecule has 3 aromatic carbocycles. The highest BCUT2D eigenvalue weighted by molar-refractivity contribution is 8.01. The van der Waals surface area contributed by atoms with Crippen LogP contribution in [-0.4, -0.2) is 27.0 Å². The first-order chi connectivity index (χ1) is 16.3. The molecule has 0 fully saturated rings. The monoisotopic (exact) mass is 497 g/mol. The molecular formula is C21H12FN5O5S2. The van der Waals surface area contributed by atoms with Crippen molar-refractivity contribution in [3.05, 3.63) is 97.8 Å². The molecule has 0 saturated carbocycles. The summed E-state index contributed by atoms with van der Waals surface area (Å²) in [7, 11) is 0. The Morgan fingerprint density at radius 3 is 2.53 bits per heavy atom. The summed E-state index contributed by atoms with van der Waals surface area (Å²) >= 11 is 2.26. The zero-order valence-electron chi connectivity index (χ0n) is 16.9. The molecule has 4 aromatic rings. The Morgan fingerprint density at radius 2 is 1.82 bits per heavy atom. The average Bonchev–Trinajstić information content (AvgIpc) is 3.21. The van der Waals surface area contributed by atoms with Crippen LogP contribution in [0, 0.1) is 26.0 Å². The number of nitrogens with zero attached hydrogens (tertiary/aromatic N) is 4. The van der Waals surface area contributed by atoms with Gasteiger partial charge in [0, 0.05) is 29.3 Å². The number of hydrazone groups is 1. The number of fused-ring (bicyclic) bond motifs is 1.